The summed E-state index contributed by atoms with van der Waals surface area (Å²) in [5.74, 6) is 0.571. The number of rotatable bonds is 7. The summed E-state index contributed by atoms with van der Waals surface area (Å²) in [4.78, 5) is 12.3. The topological polar surface area (TPSA) is 62.2 Å². The van der Waals surface area contributed by atoms with Gasteiger partial charge in [-0.25, -0.2) is 15.0 Å². The number of halogens is 4. The van der Waals surface area contributed by atoms with Crippen LogP contribution in [-0.4, -0.2) is 29.0 Å². The van der Waals surface area contributed by atoms with Crippen LogP contribution in [0.2, 0.25) is 0 Å². The molecular weight excluding hydrogens is 498 g/mol. The van der Waals surface area contributed by atoms with E-state index in [9.17, 15) is 13.2 Å². The number of nitrogens with zero attached hydrogens (tertiary/aromatic N) is 3. The summed E-state index contributed by atoms with van der Waals surface area (Å²) in [5.41, 5.74) is 0.170. The maximum Gasteiger partial charge on any atom is 0.434 e. The average Bonchev–Trinajstić information content (AvgIpc) is 3.17. The average molecular weight is 519 g/mol. The van der Waals surface area contributed by atoms with E-state index in [0.717, 1.165) is 40.3 Å². The summed E-state index contributed by atoms with van der Waals surface area (Å²) in [6, 6.07) is 0. The highest BCUT2D eigenvalue weighted by Gasteiger charge is 2.33. The van der Waals surface area contributed by atoms with Crippen LogP contribution in [0.3, 0.4) is 0 Å². The molecule has 5 nitrogen and oxygen atoms in total. The van der Waals surface area contributed by atoms with E-state index in [1.165, 1.54) is 0 Å². The molecule has 146 valence electrons. The number of alkyl halides is 3. The summed E-state index contributed by atoms with van der Waals surface area (Å²) in [7, 11) is 0. The van der Waals surface area contributed by atoms with Gasteiger partial charge in [-0.2, -0.15) is 13.2 Å². The third-order valence-electron chi connectivity index (χ3n) is 3.09. The predicted molar refractivity (Wildman–Crippen MR) is 111 cm³/mol. The molecule has 0 atom stereocenters. The third-order valence-corrected chi connectivity index (χ3v) is 4.95. The standard InChI is InChI=1S/C15H20F3N5S2.HI/c1-3-19-14(20-6-4-5-12-22-10(2)8-24-12)21-7-13-23-11(9-25-13)15(16,17)18;/h8-9H,3-7H2,1-2H3,(H2,19,20,21);1H. The first-order valence-corrected chi connectivity index (χ1v) is 9.59. The van der Waals surface area contributed by atoms with Gasteiger partial charge in [0, 0.05) is 36.0 Å². The van der Waals surface area contributed by atoms with E-state index < -0.39 is 11.9 Å². The van der Waals surface area contributed by atoms with Gasteiger partial charge in [0.25, 0.3) is 0 Å². The maximum atomic E-state index is 12.5. The van der Waals surface area contributed by atoms with Crippen molar-refractivity contribution in [3.8, 4) is 0 Å². The zero-order valence-electron chi connectivity index (χ0n) is 14.4. The lowest BCUT2D eigenvalue weighted by Gasteiger charge is -2.10. The Morgan fingerprint density at radius 3 is 2.46 bits per heavy atom. The predicted octanol–water partition coefficient (Wildman–Crippen LogP) is 4.23. The van der Waals surface area contributed by atoms with Crippen molar-refractivity contribution >= 4 is 52.6 Å². The Morgan fingerprint density at radius 2 is 1.88 bits per heavy atom. The van der Waals surface area contributed by atoms with E-state index in [-0.39, 0.29) is 30.5 Å². The highest BCUT2D eigenvalue weighted by Crippen LogP contribution is 2.30. The molecule has 0 spiro atoms. The highest BCUT2D eigenvalue weighted by atomic mass is 127. The van der Waals surface area contributed by atoms with Crippen LogP contribution in [0, 0.1) is 6.92 Å². The van der Waals surface area contributed by atoms with Crippen LogP contribution in [0.5, 0.6) is 0 Å². The molecule has 2 aromatic rings. The van der Waals surface area contributed by atoms with Crippen LogP contribution in [-0.2, 0) is 19.1 Å². The summed E-state index contributed by atoms with van der Waals surface area (Å²) < 4.78 is 37.6. The minimum atomic E-state index is -4.41. The van der Waals surface area contributed by atoms with E-state index in [0.29, 0.717) is 24.1 Å². The molecule has 0 bridgehead atoms. The van der Waals surface area contributed by atoms with Crippen molar-refractivity contribution in [2.75, 3.05) is 13.1 Å². The van der Waals surface area contributed by atoms with Gasteiger partial charge in [-0.05, 0) is 20.3 Å². The number of aryl methyl sites for hydroxylation is 2. The molecule has 0 amide bonds. The van der Waals surface area contributed by atoms with Gasteiger partial charge in [0.1, 0.15) is 5.01 Å². The minimum absolute atomic E-state index is 0. The van der Waals surface area contributed by atoms with Crippen LogP contribution >= 0.6 is 46.7 Å². The Balaban J connectivity index is 0.00000338. The Labute approximate surface area is 175 Å². The van der Waals surface area contributed by atoms with E-state index >= 15 is 0 Å². The Morgan fingerprint density at radius 1 is 1.15 bits per heavy atom. The normalized spacial score (nSPS) is 12.0. The zero-order chi connectivity index (χ0) is 18.3. The van der Waals surface area contributed by atoms with Crippen molar-refractivity contribution in [2.45, 2.75) is 39.4 Å². The van der Waals surface area contributed by atoms with Gasteiger partial charge in [-0.1, -0.05) is 0 Å². The SMILES string of the molecule is CCNC(=NCc1nc(C(F)(F)F)cs1)NCCCc1nc(C)cs1.I. The molecule has 2 aromatic heterocycles. The van der Waals surface area contributed by atoms with Crippen LogP contribution in [0.4, 0.5) is 13.2 Å². The van der Waals surface area contributed by atoms with Gasteiger partial charge in [0.05, 0.1) is 11.6 Å². The first-order valence-electron chi connectivity index (χ1n) is 7.83. The van der Waals surface area contributed by atoms with Crippen LogP contribution < -0.4 is 10.6 Å². The molecular formula is C15H21F3IN5S2. The van der Waals surface area contributed by atoms with Crippen molar-refractivity contribution in [2.24, 2.45) is 4.99 Å². The second-order valence-electron chi connectivity index (χ2n) is 5.23. The molecule has 0 aliphatic heterocycles. The largest absolute Gasteiger partial charge is 0.434 e. The maximum absolute atomic E-state index is 12.5. The molecule has 26 heavy (non-hydrogen) atoms. The van der Waals surface area contributed by atoms with Crippen LogP contribution in [0.1, 0.15) is 34.7 Å². The van der Waals surface area contributed by atoms with Crippen molar-refractivity contribution in [3.63, 3.8) is 0 Å². The number of aromatic nitrogens is 2. The number of thiazole rings is 2. The minimum Gasteiger partial charge on any atom is -0.357 e. The Hall–Kier alpha value is -0.950. The molecule has 0 aromatic carbocycles. The number of hydrogen-bond acceptors (Lipinski definition) is 5. The summed E-state index contributed by atoms with van der Waals surface area (Å²) in [6.45, 7) is 5.39. The molecule has 2 heterocycles. The molecule has 0 unspecified atom stereocenters. The first kappa shape index (κ1) is 23.1. The molecule has 0 saturated carbocycles. The van der Waals surface area contributed by atoms with Gasteiger partial charge >= 0.3 is 6.18 Å². The number of nitrogens with one attached hydrogen (secondary N) is 2. The van der Waals surface area contributed by atoms with E-state index in [4.69, 9.17) is 0 Å². The molecule has 0 aliphatic rings. The molecule has 0 fully saturated rings. The summed E-state index contributed by atoms with van der Waals surface area (Å²) in [6.07, 6.45) is -2.63. The molecule has 2 rings (SSSR count). The fourth-order valence-corrected chi connectivity index (χ4v) is 3.51. The van der Waals surface area contributed by atoms with Crippen molar-refractivity contribution < 1.29 is 13.2 Å². The molecule has 0 aliphatic carbocycles. The molecule has 11 heteroatoms. The van der Waals surface area contributed by atoms with E-state index in [1.54, 1.807) is 11.3 Å². The second kappa shape index (κ2) is 11.0. The molecule has 2 N–H and O–H groups in total. The van der Waals surface area contributed by atoms with Gasteiger partial charge in [0.15, 0.2) is 11.7 Å². The fourth-order valence-electron chi connectivity index (χ4n) is 1.97. The van der Waals surface area contributed by atoms with Gasteiger partial charge < -0.3 is 10.6 Å². The van der Waals surface area contributed by atoms with Crippen LogP contribution in [0.15, 0.2) is 15.8 Å². The lowest BCUT2D eigenvalue weighted by molar-refractivity contribution is -0.140. The van der Waals surface area contributed by atoms with Crippen molar-refractivity contribution in [1.29, 1.82) is 0 Å². The third kappa shape index (κ3) is 7.74. The smallest absolute Gasteiger partial charge is 0.357 e. The zero-order valence-corrected chi connectivity index (χ0v) is 18.4. The Kier molecular flexibility index (Phi) is 9.79. The van der Waals surface area contributed by atoms with Crippen molar-refractivity contribution in [3.05, 3.63) is 32.2 Å². The molecule has 0 radical (unpaired) electrons. The lowest BCUT2D eigenvalue weighted by Crippen LogP contribution is -2.37. The second-order valence-corrected chi connectivity index (χ2v) is 7.12. The number of guanidine groups is 1. The lowest BCUT2D eigenvalue weighted by atomic mass is 10.3. The first-order chi connectivity index (χ1) is 11.9. The van der Waals surface area contributed by atoms with E-state index in [1.807, 2.05) is 19.2 Å². The summed E-state index contributed by atoms with van der Waals surface area (Å²) >= 11 is 2.61. The van der Waals surface area contributed by atoms with Gasteiger partial charge in [0.2, 0.25) is 0 Å². The quantitative estimate of drug-likeness (QED) is 0.249. The number of hydrogen-bond donors (Lipinski definition) is 2. The monoisotopic (exact) mass is 519 g/mol. The fraction of sp³-hybridized carbons (Fsp3) is 0.533. The van der Waals surface area contributed by atoms with Crippen molar-refractivity contribution in [1.82, 2.24) is 20.6 Å². The van der Waals surface area contributed by atoms with Crippen LogP contribution in [0.25, 0.3) is 0 Å². The highest BCUT2D eigenvalue weighted by molar-refractivity contribution is 14.0. The van der Waals surface area contributed by atoms with Gasteiger partial charge in [-0.3, -0.25) is 0 Å². The molecule has 0 saturated heterocycles. The summed E-state index contributed by atoms with van der Waals surface area (Å²) in [5, 5.41) is 10.7. The van der Waals surface area contributed by atoms with E-state index in [2.05, 4.69) is 25.6 Å². The Bertz CT molecular complexity index is 700. The number of aliphatic imine (C=N–C) groups is 1. The van der Waals surface area contributed by atoms with Gasteiger partial charge in [-0.15, -0.1) is 46.7 Å².